The van der Waals surface area contributed by atoms with E-state index in [1.807, 2.05) is 36.6 Å². The van der Waals surface area contributed by atoms with Crippen molar-refractivity contribution in [2.45, 2.75) is 19.5 Å². The fourth-order valence-corrected chi connectivity index (χ4v) is 3.55. The Kier molecular flexibility index (Phi) is 3.61. The number of hydrogen-bond acceptors (Lipinski definition) is 5. The first-order chi connectivity index (χ1) is 9.22. The maximum absolute atomic E-state index is 5.60. The predicted molar refractivity (Wildman–Crippen MR) is 74.9 cm³/mol. The normalized spacial score (nSPS) is 20.8. The fourth-order valence-electron chi connectivity index (χ4n) is 2.39. The average Bonchev–Trinajstić information content (AvgIpc) is 2.99. The van der Waals surface area contributed by atoms with Gasteiger partial charge >= 0.3 is 0 Å². The number of nitrogens with zero attached hydrogens (tertiary/aromatic N) is 4. The largest absolute Gasteiger partial charge is 0.445 e. The maximum Gasteiger partial charge on any atom is 0.208 e. The molecule has 1 saturated heterocycles. The molecule has 3 heterocycles. The van der Waals surface area contributed by atoms with Gasteiger partial charge < -0.3 is 4.42 Å². The van der Waals surface area contributed by atoms with Gasteiger partial charge in [-0.1, -0.05) is 0 Å². The first-order valence-corrected chi connectivity index (χ1v) is 7.59. The maximum atomic E-state index is 5.60. The summed E-state index contributed by atoms with van der Waals surface area (Å²) in [5.41, 5.74) is 1.28. The molecule has 0 radical (unpaired) electrons. The van der Waals surface area contributed by atoms with Crippen molar-refractivity contribution in [3.05, 3.63) is 35.8 Å². The van der Waals surface area contributed by atoms with Gasteiger partial charge in [0, 0.05) is 42.9 Å². The lowest BCUT2D eigenvalue weighted by molar-refractivity contribution is 0.190. The Morgan fingerprint density at radius 1 is 1.47 bits per heavy atom. The molecular weight excluding hydrogens is 260 g/mol. The van der Waals surface area contributed by atoms with E-state index in [9.17, 15) is 0 Å². The molecule has 0 aliphatic carbocycles. The van der Waals surface area contributed by atoms with Gasteiger partial charge in [-0.3, -0.25) is 9.58 Å². The van der Waals surface area contributed by atoms with Crippen molar-refractivity contribution >= 4 is 11.8 Å². The third-order valence-corrected chi connectivity index (χ3v) is 4.38. The molecule has 19 heavy (non-hydrogen) atoms. The Hall–Kier alpha value is -1.27. The number of aromatic nitrogens is 3. The number of oxazole rings is 1. The summed E-state index contributed by atoms with van der Waals surface area (Å²) < 4.78 is 7.46. The summed E-state index contributed by atoms with van der Waals surface area (Å²) in [4.78, 5) is 6.74. The monoisotopic (exact) mass is 278 g/mol. The molecule has 2 aromatic rings. The number of aryl methyl sites for hydroxylation is 2. The van der Waals surface area contributed by atoms with Crippen LogP contribution in [0.2, 0.25) is 0 Å². The van der Waals surface area contributed by atoms with Gasteiger partial charge in [0.25, 0.3) is 0 Å². The number of thioether (sulfide) groups is 1. The standard InChI is InChI=1S/C13H18N4OS/c1-10-5-14-13(18-10)8-17-3-4-19-9-12(17)11-6-15-16(2)7-11/h5-7,12H,3-4,8-9H2,1-2H3/t12-/m1/s1. The van der Waals surface area contributed by atoms with Crippen LogP contribution < -0.4 is 0 Å². The van der Waals surface area contributed by atoms with Gasteiger partial charge in [0.15, 0.2) is 0 Å². The summed E-state index contributed by atoms with van der Waals surface area (Å²) in [7, 11) is 1.96. The molecule has 0 spiro atoms. The summed E-state index contributed by atoms with van der Waals surface area (Å²) in [6, 6.07) is 0.402. The minimum absolute atomic E-state index is 0.402. The van der Waals surface area contributed by atoms with Crippen LogP contribution >= 0.6 is 11.8 Å². The van der Waals surface area contributed by atoms with Crippen molar-refractivity contribution in [3.63, 3.8) is 0 Å². The van der Waals surface area contributed by atoms with Gasteiger partial charge in [-0.15, -0.1) is 0 Å². The van der Waals surface area contributed by atoms with Gasteiger partial charge in [-0.05, 0) is 6.92 Å². The molecule has 102 valence electrons. The zero-order chi connectivity index (χ0) is 13.2. The highest BCUT2D eigenvalue weighted by Gasteiger charge is 2.26. The molecule has 0 bridgehead atoms. The van der Waals surface area contributed by atoms with E-state index in [2.05, 4.69) is 21.2 Å². The summed E-state index contributed by atoms with van der Waals surface area (Å²) in [5.74, 6) is 3.94. The van der Waals surface area contributed by atoms with E-state index in [-0.39, 0.29) is 0 Å². The first kappa shape index (κ1) is 12.7. The molecule has 5 nitrogen and oxygen atoms in total. The van der Waals surface area contributed by atoms with Crippen LogP contribution in [0.5, 0.6) is 0 Å². The van der Waals surface area contributed by atoms with Crippen LogP contribution in [0.3, 0.4) is 0 Å². The highest BCUT2D eigenvalue weighted by atomic mass is 32.2. The van der Waals surface area contributed by atoms with Crippen LogP contribution in [-0.2, 0) is 13.6 Å². The molecule has 3 rings (SSSR count). The summed E-state index contributed by atoms with van der Waals surface area (Å²) in [6.07, 6.45) is 5.85. The molecule has 0 aromatic carbocycles. The van der Waals surface area contributed by atoms with E-state index in [4.69, 9.17) is 4.42 Å². The van der Waals surface area contributed by atoms with Crippen molar-refractivity contribution < 1.29 is 4.42 Å². The van der Waals surface area contributed by atoms with Gasteiger partial charge in [-0.2, -0.15) is 16.9 Å². The average molecular weight is 278 g/mol. The highest BCUT2D eigenvalue weighted by molar-refractivity contribution is 7.99. The van der Waals surface area contributed by atoms with Crippen molar-refractivity contribution in [2.24, 2.45) is 7.05 Å². The molecule has 1 aliphatic heterocycles. The Balaban J connectivity index is 1.77. The minimum atomic E-state index is 0.402. The smallest absolute Gasteiger partial charge is 0.208 e. The summed E-state index contributed by atoms with van der Waals surface area (Å²) in [6.45, 7) is 3.76. The zero-order valence-corrected chi connectivity index (χ0v) is 12.1. The lowest BCUT2D eigenvalue weighted by Crippen LogP contribution is -2.35. The second kappa shape index (κ2) is 5.38. The SMILES string of the molecule is Cc1cnc(CN2CCSC[C@@H]2c2cnn(C)c2)o1. The third-order valence-electron chi connectivity index (χ3n) is 3.36. The summed E-state index contributed by atoms with van der Waals surface area (Å²) >= 11 is 2.00. The molecule has 0 saturated carbocycles. The molecule has 0 unspecified atom stereocenters. The van der Waals surface area contributed by atoms with Crippen molar-refractivity contribution in [2.75, 3.05) is 18.1 Å². The first-order valence-electron chi connectivity index (χ1n) is 6.44. The highest BCUT2D eigenvalue weighted by Crippen LogP contribution is 2.30. The summed E-state index contributed by atoms with van der Waals surface area (Å²) in [5, 5.41) is 4.28. The van der Waals surface area contributed by atoms with Crippen LogP contribution in [0.4, 0.5) is 0 Å². The lowest BCUT2D eigenvalue weighted by atomic mass is 10.1. The topological polar surface area (TPSA) is 47.1 Å². The van der Waals surface area contributed by atoms with Crippen molar-refractivity contribution in [3.8, 4) is 0 Å². The lowest BCUT2D eigenvalue weighted by Gasteiger charge is -2.33. The predicted octanol–water partition coefficient (Wildman–Crippen LogP) is 2.01. The van der Waals surface area contributed by atoms with Gasteiger partial charge in [-0.25, -0.2) is 4.98 Å². The van der Waals surface area contributed by atoms with Gasteiger partial charge in [0.1, 0.15) is 5.76 Å². The molecular formula is C13H18N4OS. The van der Waals surface area contributed by atoms with E-state index >= 15 is 0 Å². The number of rotatable bonds is 3. The van der Waals surface area contributed by atoms with Crippen LogP contribution in [0.1, 0.15) is 23.3 Å². The van der Waals surface area contributed by atoms with E-state index < -0.39 is 0 Å². The zero-order valence-electron chi connectivity index (χ0n) is 11.2. The Morgan fingerprint density at radius 3 is 3.05 bits per heavy atom. The molecule has 1 aliphatic rings. The third kappa shape index (κ3) is 2.84. The quantitative estimate of drug-likeness (QED) is 0.859. The molecule has 6 heteroatoms. The van der Waals surface area contributed by atoms with Crippen molar-refractivity contribution in [1.29, 1.82) is 0 Å². The Labute approximate surface area is 117 Å². The second-order valence-corrected chi connectivity index (χ2v) is 6.02. The van der Waals surface area contributed by atoms with E-state index in [1.165, 1.54) is 5.56 Å². The molecule has 0 amide bonds. The van der Waals surface area contributed by atoms with E-state index in [0.29, 0.717) is 6.04 Å². The van der Waals surface area contributed by atoms with Crippen LogP contribution in [-0.4, -0.2) is 37.7 Å². The van der Waals surface area contributed by atoms with E-state index in [0.717, 1.165) is 36.2 Å². The van der Waals surface area contributed by atoms with Crippen LogP contribution in [0, 0.1) is 6.92 Å². The van der Waals surface area contributed by atoms with Gasteiger partial charge in [0.05, 0.1) is 18.9 Å². The van der Waals surface area contributed by atoms with E-state index in [1.54, 1.807) is 6.20 Å². The second-order valence-electron chi connectivity index (χ2n) is 4.87. The molecule has 1 fully saturated rings. The number of hydrogen-bond donors (Lipinski definition) is 0. The Morgan fingerprint density at radius 2 is 2.37 bits per heavy atom. The fraction of sp³-hybridized carbons (Fsp3) is 0.538. The van der Waals surface area contributed by atoms with Gasteiger partial charge in [0.2, 0.25) is 5.89 Å². The van der Waals surface area contributed by atoms with Crippen LogP contribution in [0.25, 0.3) is 0 Å². The molecule has 0 N–H and O–H groups in total. The Bertz CT molecular complexity index is 550. The van der Waals surface area contributed by atoms with Crippen molar-refractivity contribution in [1.82, 2.24) is 19.7 Å². The van der Waals surface area contributed by atoms with Crippen LogP contribution in [0.15, 0.2) is 23.0 Å². The molecule has 2 aromatic heterocycles. The molecule has 1 atom stereocenters. The minimum Gasteiger partial charge on any atom is -0.445 e.